The van der Waals surface area contributed by atoms with Gasteiger partial charge in [0.25, 0.3) is 5.91 Å². The first-order chi connectivity index (χ1) is 11.4. The zero-order chi connectivity index (χ0) is 17.7. The van der Waals surface area contributed by atoms with E-state index in [1.165, 1.54) is 6.21 Å². The molecule has 0 bridgehead atoms. The summed E-state index contributed by atoms with van der Waals surface area (Å²) in [5.41, 5.74) is 3.77. The van der Waals surface area contributed by atoms with Gasteiger partial charge in [0.15, 0.2) is 0 Å². The van der Waals surface area contributed by atoms with Gasteiger partial charge in [0.1, 0.15) is 5.75 Å². The molecule has 0 unspecified atom stereocenters. The van der Waals surface area contributed by atoms with Crippen molar-refractivity contribution in [1.82, 2.24) is 5.43 Å². The second-order valence-electron chi connectivity index (χ2n) is 4.61. The van der Waals surface area contributed by atoms with E-state index in [1.54, 1.807) is 30.3 Å². The van der Waals surface area contributed by atoms with Gasteiger partial charge in [0.05, 0.1) is 31.8 Å². The Kier molecular flexibility index (Phi) is 6.91. The molecule has 0 aliphatic carbocycles. The maximum atomic E-state index is 11.7. The molecule has 0 aliphatic rings. The van der Waals surface area contributed by atoms with Crippen molar-refractivity contribution in [2.24, 2.45) is 5.10 Å². The van der Waals surface area contributed by atoms with Gasteiger partial charge >= 0.3 is 0 Å². The quantitative estimate of drug-likeness (QED) is 0.412. The molecular weight excluding hydrogens is 485 g/mol. The number of amides is 1. The minimum atomic E-state index is -0.325. The van der Waals surface area contributed by atoms with Gasteiger partial charge in [0, 0.05) is 5.69 Å². The van der Waals surface area contributed by atoms with Crippen LogP contribution in [0.5, 0.6) is 5.75 Å². The van der Waals surface area contributed by atoms with Gasteiger partial charge in [-0.3, -0.25) is 4.79 Å². The number of phenols is 1. The summed E-state index contributed by atoms with van der Waals surface area (Å²) >= 11 is 18.2. The topological polar surface area (TPSA) is 73.7 Å². The third-order valence-corrected chi connectivity index (χ3v) is 4.76. The average Bonchev–Trinajstić information content (AvgIpc) is 2.53. The van der Waals surface area contributed by atoms with Crippen molar-refractivity contribution in [2.45, 2.75) is 0 Å². The Morgan fingerprint density at radius 3 is 2.46 bits per heavy atom. The molecule has 2 aromatic rings. The third-order valence-electron chi connectivity index (χ3n) is 2.81. The number of nitrogens with one attached hydrogen (secondary N) is 2. The number of anilines is 1. The Balaban J connectivity index is 1.87. The summed E-state index contributed by atoms with van der Waals surface area (Å²) in [4.78, 5) is 11.7. The van der Waals surface area contributed by atoms with Crippen molar-refractivity contribution in [3.8, 4) is 5.75 Å². The molecule has 0 heterocycles. The van der Waals surface area contributed by atoms with E-state index in [0.717, 1.165) is 0 Å². The molecule has 2 aromatic carbocycles. The zero-order valence-corrected chi connectivity index (χ0v) is 16.7. The summed E-state index contributed by atoms with van der Waals surface area (Å²) < 4.78 is 1.04. The molecule has 0 saturated heterocycles. The van der Waals surface area contributed by atoms with Crippen molar-refractivity contribution in [3.05, 3.63) is 54.9 Å². The predicted molar refractivity (Wildman–Crippen MR) is 104 cm³/mol. The maximum Gasteiger partial charge on any atom is 0.259 e. The van der Waals surface area contributed by atoms with Crippen LogP contribution in [-0.4, -0.2) is 23.8 Å². The van der Waals surface area contributed by atoms with E-state index in [4.69, 9.17) is 23.2 Å². The molecule has 0 radical (unpaired) electrons. The van der Waals surface area contributed by atoms with E-state index in [9.17, 15) is 9.90 Å². The summed E-state index contributed by atoms with van der Waals surface area (Å²) in [6.07, 6.45) is 1.46. The first-order valence-corrected chi connectivity index (χ1v) is 8.90. The van der Waals surface area contributed by atoms with Gasteiger partial charge in [0.2, 0.25) is 0 Å². The number of nitrogens with zero attached hydrogens (tertiary/aromatic N) is 1. The van der Waals surface area contributed by atoms with Gasteiger partial charge in [-0.2, -0.15) is 5.10 Å². The second-order valence-corrected chi connectivity index (χ2v) is 7.13. The molecule has 24 heavy (non-hydrogen) atoms. The van der Waals surface area contributed by atoms with Crippen LogP contribution in [-0.2, 0) is 4.79 Å². The van der Waals surface area contributed by atoms with Gasteiger partial charge in [-0.05, 0) is 67.8 Å². The minimum absolute atomic E-state index is 0.0261. The lowest BCUT2D eigenvalue weighted by molar-refractivity contribution is -0.119. The molecule has 126 valence electrons. The summed E-state index contributed by atoms with van der Waals surface area (Å²) in [6, 6.07) is 8.33. The largest absolute Gasteiger partial charge is 0.506 e. The number of carbonyl (C=O) groups excluding carboxylic acids is 1. The van der Waals surface area contributed by atoms with Crippen molar-refractivity contribution < 1.29 is 9.90 Å². The highest BCUT2D eigenvalue weighted by molar-refractivity contribution is 9.11. The smallest absolute Gasteiger partial charge is 0.259 e. The molecule has 5 nitrogen and oxygen atoms in total. The number of hydrazone groups is 1. The molecule has 0 saturated carbocycles. The van der Waals surface area contributed by atoms with Gasteiger partial charge < -0.3 is 10.4 Å². The summed E-state index contributed by atoms with van der Waals surface area (Å²) in [6.45, 7) is 0.0261. The third kappa shape index (κ3) is 5.37. The average molecular weight is 496 g/mol. The van der Waals surface area contributed by atoms with Crippen LogP contribution < -0.4 is 10.7 Å². The molecule has 9 heteroatoms. The highest BCUT2D eigenvalue weighted by atomic mass is 79.9. The first kappa shape index (κ1) is 19.1. The monoisotopic (exact) mass is 493 g/mol. The summed E-state index contributed by atoms with van der Waals surface area (Å²) in [5, 5.41) is 17.3. The van der Waals surface area contributed by atoms with Crippen LogP contribution in [0.1, 0.15) is 5.56 Å². The summed E-state index contributed by atoms with van der Waals surface area (Å²) in [7, 11) is 0. The Morgan fingerprint density at radius 1 is 1.17 bits per heavy atom. The van der Waals surface area contributed by atoms with Crippen molar-refractivity contribution in [1.29, 1.82) is 0 Å². The molecule has 0 aliphatic heterocycles. The molecule has 0 spiro atoms. The Bertz CT molecular complexity index is 777. The fraction of sp³-hybridized carbons (Fsp3) is 0.0667. The standard InChI is InChI=1S/C15H11Br2Cl2N3O2/c16-10-3-8(4-11(17)15(10)24)6-21-22-14(23)7-20-9-1-2-12(18)13(19)5-9/h1-6,20,24H,7H2,(H,22,23)/b21-6+. The van der Waals surface area contributed by atoms with E-state index in [-0.39, 0.29) is 18.2 Å². The van der Waals surface area contributed by atoms with Gasteiger partial charge in [-0.1, -0.05) is 23.2 Å². The molecule has 0 fully saturated rings. The fourth-order valence-electron chi connectivity index (χ4n) is 1.67. The lowest BCUT2D eigenvalue weighted by Crippen LogP contribution is -2.25. The van der Waals surface area contributed by atoms with E-state index in [2.05, 4.69) is 47.7 Å². The second kappa shape index (κ2) is 8.71. The van der Waals surface area contributed by atoms with E-state index < -0.39 is 0 Å². The van der Waals surface area contributed by atoms with Crippen molar-refractivity contribution >= 4 is 72.9 Å². The minimum Gasteiger partial charge on any atom is -0.506 e. The van der Waals surface area contributed by atoms with E-state index in [0.29, 0.717) is 30.2 Å². The Hall–Kier alpha value is -1.28. The van der Waals surface area contributed by atoms with Gasteiger partial charge in [-0.15, -0.1) is 0 Å². The van der Waals surface area contributed by atoms with Crippen LogP contribution in [0.25, 0.3) is 0 Å². The van der Waals surface area contributed by atoms with Crippen molar-refractivity contribution in [2.75, 3.05) is 11.9 Å². The van der Waals surface area contributed by atoms with E-state index in [1.807, 2.05) is 0 Å². The highest BCUT2D eigenvalue weighted by Crippen LogP contribution is 2.32. The number of rotatable bonds is 5. The lowest BCUT2D eigenvalue weighted by Gasteiger charge is -2.06. The molecule has 0 atom stereocenters. The lowest BCUT2D eigenvalue weighted by atomic mass is 10.2. The van der Waals surface area contributed by atoms with Crippen LogP contribution in [0.4, 0.5) is 5.69 Å². The van der Waals surface area contributed by atoms with Gasteiger partial charge in [-0.25, -0.2) is 5.43 Å². The SMILES string of the molecule is O=C(CNc1ccc(Cl)c(Cl)c1)N/N=C/c1cc(Br)c(O)c(Br)c1. The van der Waals surface area contributed by atoms with Crippen LogP contribution >= 0.6 is 55.1 Å². The van der Waals surface area contributed by atoms with Crippen LogP contribution in [0.3, 0.4) is 0 Å². The number of carbonyl (C=O) groups is 1. The molecule has 3 N–H and O–H groups in total. The predicted octanol–water partition coefficient (Wildman–Crippen LogP) is 4.79. The van der Waals surface area contributed by atoms with E-state index >= 15 is 0 Å². The first-order valence-electron chi connectivity index (χ1n) is 6.55. The number of halogens is 4. The molecule has 1 amide bonds. The molecule has 2 rings (SSSR count). The molecule has 0 aromatic heterocycles. The van der Waals surface area contributed by atoms with Crippen LogP contribution in [0, 0.1) is 0 Å². The number of phenolic OH excluding ortho intramolecular Hbond substituents is 1. The summed E-state index contributed by atoms with van der Waals surface area (Å²) in [5.74, 6) is -0.226. The van der Waals surface area contributed by atoms with Crippen LogP contribution in [0.15, 0.2) is 44.4 Å². The Labute approximate surface area is 165 Å². The highest BCUT2D eigenvalue weighted by Gasteiger charge is 2.05. The number of hydrogen-bond acceptors (Lipinski definition) is 4. The van der Waals surface area contributed by atoms with Crippen LogP contribution in [0.2, 0.25) is 10.0 Å². The number of benzene rings is 2. The maximum absolute atomic E-state index is 11.7. The fourth-order valence-corrected chi connectivity index (χ4v) is 3.19. The normalized spacial score (nSPS) is 10.8. The Morgan fingerprint density at radius 2 is 1.83 bits per heavy atom. The van der Waals surface area contributed by atoms with Crippen molar-refractivity contribution in [3.63, 3.8) is 0 Å². The number of aromatic hydroxyl groups is 1. The molecular formula is C15H11Br2Cl2N3O2. The number of hydrogen-bond donors (Lipinski definition) is 3. The zero-order valence-electron chi connectivity index (χ0n) is 12.0.